The number of hydrogen-bond donors (Lipinski definition) is 2. The summed E-state index contributed by atoms with van der Waals surface area (Å²) in [7, 11) is 0. The fourth-order valence-electron chi connectivity index (χ4n) is 1.67. The zero-order valence-corrected chi connectivity index (χ0v) is 12.5. The van der Waals surface area contributed by atoms with Crippen LogP contribution < -0.4 is 11.1 Å². The Bertz CT molecular complexity index is 395. The molecular formula is C14H21BrN2O. The number of benzene rings is 1. The van der Waals surface area contributed by atoms with Crippen molar-refractivity contribution >= 4 is 21.8 Å². The Morgan fingerprint density at radius 2 is 2.17 bits per heavy atom. The third-order valence-corrected chi connectivity index (χ3v) is 3.49. The number of carbonyl (C=O) groups is 1. The minimum Gasteiger partial charge on any atom is -0.350 e. The van der Waals surface area contributed by atoms with Crippen molar-refractivity contribution in [3.63, 3.8) is 0 Å². The van der Waals surface area contributed by atoms with Gasteiger partial charge in [-0.2, -0.15) is 0 Å². The molecule has 1 aromatic rings. The molecule has 0 aliphatic heterocycles. The maximum atomic E-state index is 11.8. The molecule has 0 radical (unpaired) electrons. The molecule has 18 heavy (non-hydrogen) atoms. The highest BCUT2D eigenvalue weighted by atomic mass is 79.9. The summed E-state index contributed by atoms with van der Waals surface area (Å²) in [6, 6.07) is 8.01. The van der Waals surface area contributed by atoms with Gasteiger partial charge in [-0.15, -0.1) is 0 Å². The molecule has 0 aliphatic carbocycles. The largest absolute Gasteiger partial charge is 0.350 e. The van der Waals surface area contributed by atoms with Crippen LogP contribution in [0.5, 0.6) is 0 Å². The van der Waals surface area contributed by atoms with Crippen LogP contribution in [0, 0.1) is 5.92 Å². The van der Waals surface area contributed by atoms with E-state index in [0.29, 0.717) is 18.9 Å². The molecule has 0 spiro atoms. The van der Waals surface area contributed by atoms with Crippen LogP contribution in [0.4, 0.5) is 0 Å². The van der Waals surface area contributed by atoms with E-state index >= 15 is 0 Å². The molecule has 0 aromatic heterocycles. The van der Waals surface area contributed by atoms with Gasteiger partial charge in [0.25, 0.3) is 0 Å². The van der Waals surface area contributed by atoms with Crippen molar-refractivity contribution in [1.29, 1.82) is 0 Å². The zero-order chi connectivity index (χ0) is 13.5. The highest BCUT2D eigenvalue weighted by Crippen LogP contribution is 2.18. The predicted molar refractivity (Wildman–Crippen MR) is 78.2 cm³/mol. The summed E-state index contributed by atoms with van der Waals surface area (Å²) in [5.74, 6) is 0.486. The monoisotopic (exact) mass is 312 g/mol. The van der Waals surface area contributed by atoms with Gasteiger partial charge in [0.1, 0.15) is 0 Å². The Labute approximate surface area is 117 Å². The van der Waals surface area contributed by atoms with Gasteiger partial charge in [-0.25, -0.2) is 0 Å². The van der Waals surface area contributed by atoms with E-state index in [1.165, 1.54) is 0 Å². The highest BCUT2D eigenvalue weighted by molar-refractivity contribution is 9.10. The van der Waals surface area contributed by atoms with Crippen molar-refractivity contribution in [2.24, 2.45) is 11.7 Å². The average molecular weight is 313 g/mol. The Morgan fingerprint density at radius 3 is 2.78 bits per heavy atom. The van der Waals surface area contributed by atoms with Crippen LogP contribution in [-0.4, -0.2) is 12.5 Å². The normalized spacial score (nSPS) is 14.0. The first-order chi connectivity index (χ1) is 8.52. The van der Waals surface area contributed by atoms with Gasteiger partial charge in [0.2, 0.25) is 5.91 Å². The van der Waals surface area contributed by atoms with Crippen molar-refractivity contribution in [2.75, 3.05) is 6.54 Å². The smallest absolute Gasteiger partial charge is 0.220 e. The first-order valence-electron chi connectivity index (χ1n) is 6.27. The first-order valence-corrected chi connectivity index (χ1v) is 7.07. The second-order valence-corrected chi connectivity index (χ2v) is 5.64. The first kappa shape index (κ1) is 15.2. The maximum Gasteiger partial charge on any atom is 0.220 e. The standard InChI is InChI=1S/C14H21BrN2O/c1-10(9-16)6-7-14(18)17-11(2)12-4-3-5-13(15)8-12/h3-5,8,10-11H,6-7,9,16H2,1-2H3,(H,17,18)/t10?,11-/m1/s1. The summed E-state index contributed by atoms with van der Waals surface area (Å²) in [6.45, 7) is 4.69. The molecule has 0 aliphatic rings. The maximum absolute atomic E-state index is 11.8. The number of hydrogen-bond acceptors (Lipinski definition) is 2. The summed E-state index contributed by atoms with van der Waals surface area (Å²) < 4.78 is 1.03. The van der Waals surface area contributed by atoms with Crippen LogP contribution in [-0.2, 0) is 4.79 Å². The van der Waals surface area contributed by atoms with E-state index < -0.39 is 0 Å². The zero-order valence-electron chi connectivity index (χ0n) is 10.9. The number of nitrogens with one attached hydrogen (secondary N) is 1. The molecule has 1 rings (SSSR count). The molecular weight excluding hydrogens is 292 g/mol. The van der Waals surface area contributed by atoms with Gasteiger partial charge in [-0.3, -0.25) is 4.79 Å². The SMILES string of the molecule is CC(CN)CCC(=O)N[C@H](C)c1cccc(Br)c1. The molecule has 1 unspecified atom stereocenters. The van der Waals surface area contributed by atoms with E-state index in [4.69, 9.17) is 5.73 Å². The molecule has 1 amide bonds. The molecule has 0 saturated heterocycles. The number of carbonyl (C=O) groups excluding carboxylic acids is 1. The van der Waals surface area contributed by atoms with Crippen LogP contribution in [0.25, 0.3) is 0 Å². The van der Waals surface area contributed by atoms with Crippen molar-refractivity contribution in [2.45, 2.75) is 32.7 Å². The van der Waals surface area contributed by atoms with Crippen molar-refractivity contribution in [3.8, 4) is 0 Å². The minimum atomic E-state index is 0.0307. The van der Waals surface area contributed by atoms with Gasteiger partial charge in [0.15, 0.2) is 0 Å². The van der Waals surface area contributed by atoms with Crippen LogP contribution in [0.1, 0.15) is 38.3 Å². The fourth-order valence-corrected chi connectivity index (χ4v) is 2.09. The Hall–Kier alpha value is -0.870. The van der Waals surface area contributed by atoms with E-state index in [-0.39, 0.29) is 11.9 Å². The molecule has 0 saturated carbocycles. The summed E-state index contributed by atoms with van der Waals surface area (Å²) in [6.07, 6.45) is 1.38. The number of halogens is 1. The number of nitrogens with two attached hydrogens (primary N) is 1. The molecule has 0 heterocycles. The van der Waals surface area contributed by atoms with Crippen LogP contribution in [0.15, 0.2) is 28.7 Å². The lowest BCUT2D eigenvalue weighted by atomic mass is 10.0. The predicted octanol–water partition coefficient (Wildman–Crippen LogP) is 3.00. The molecule has 100 valence electrons. The highest BCUT2D eigenvalue weighted by Gasteiger charge is 2.10. The van der Waals surface area contributed by atoms with Gasteiger partial charge in [0, 0.05) is 10.9 Å². The molecule has 0 fully saturated rings. The Kier molecular flexibility index (Phi) is 6.36. The van der Waals surface area contributed by atoms with Crippen LogP contribution in [0.2, 0.25) is 0 Å². The van der Waals surface area contributed by atoms with Gasteiger partial charge in [-0.1, -0.05) is 35.0 Å². The summed E-state index contributed by atoms with van der Waals surface area (Å²) in [5.41, 5.74) is 6.63. The third-order valence-electron chi connectivity index (χ3n) is 2.99. The average Bonchev–Trinajstić information content (AvgIpc) is 2.35. The number of rotatable bonds is 6. The Morgan fingerprint density at radius 1 is 1.44 bits per heavy atom. The quantitative estimate of drug-likeness (QED) is 0.848. The molecule has 3 N–H and O–H groups in total. The summed E-state index contributed by atoms with van der Waals surface area (Å²) in [4.78, 5) is 11.8. The Balaban J connectivity index is 2.44. The lowest BCUT2D eigenvalue weighted by molar-refractivity contribution is -0.122. The van der Waals surface area contributed by atoms with E-state index in [0.717, 1.165) is 16.5 Å². The summed E-state index contributed by atoms with van der Waals surface area (Å²) in [5, 5.41) is 3.00. The second kappa shape index (κ2) is 7.54. The van der Waals surface area contributed by atoms with E-state index in [1.807, 2.05) is 31.2 Å². The van der Waals surface area contributed by atoms with E-state index in [1.54, 1.807) is 0 Å². The van der Waals surface area contributed by atoms with Gasteiger partial charge < -0.3 is 11.1 Å². The summed E-state index contributed by atoms with van der Waals surface area (Å²) >= 11 is 3.43. The molecule has 1 aromatic carbocycles. The third kappa shape index (κ3) is 5.19. The van der Waals surface area contributed by atoms with Gasteiger partial charge in [-0.05, 0) is 43.5 Å². The fraction of sp³-hybridized carbons (Fsp3) is 0.500. The lowest BCUT2D eigenvalue weighted by Gasteiger charge is -2.15. The van der Waals surface area contributed by atoms with E-state index in [9.17, 15) is 4.79 Å². The van der Waals surface area contributed by atoms with Gasteiger partial charge in [0.05, 0.1) is 6.04 Å². The molecule has 4 heteroatoms. The van der Waals surface area contributed by atoms with Crippen molar-refractivity contribution in [3.05, 3.63) is 34.3 Å². The topological polar surface area (TPSA) is 55.1 Å². The second-order valence-electron chi connectivity index (χ2n) is 4.72. The minimum absolute atomic E-state index is 0.0307. The van der Waals surface area contributed by atoms with Crippen molar-refractivity contribution < 1.29 is 4.79 Å². The molecule has 3 nitrogen and oxygen atoms in total. The van der Waals surface area contributed by atoms with E-state index in [2.05, 4.69) is 28.2 Å². The van der Waals surface area contributed by atoms with Crippen LogP contribution in [0.3, 0.4) is 0 Å². The van der Waals surface area contributed by atoms with Gasteiger partial charge >= 0.3 is 0 Å². The van der Waals surface area contributed by atoms with Crippen LogP contribution >= 0.6 is 15.9 Å². The lowest BCUT2D eigenvalue weighted by Crippen LogP contribution is -2.27. The molecule has 0 bridgehead atoms. The number of amides is 1. The molecule has 2 atom stereocenters. The van der Waals surface area contributed by atoms with Crippen molar-refractivity contribution in [1.82, 2.24) is 5.32 Å².